The molecule has 0 radical (unpaired) electrons. The first-order valence-electron chi connectivity index (χ1n) is 9.52. The molecule has 0 unspecified atom stereocenters. The SMILES string of the molecule is COCCN1CCOC2(CCN(c3ccc(C(C)C)nn3)CC2)CC1=O. The van der Waals surface area contributed by atoms with E-state index in [1.807, 2.05) is 11.0 Å². The van der Waals surface area contributed by atoms with Crippen LogP contribution in [0.4, 0.5) is 5.82 Å². The van der Waals surface area contributed by atoms with Gasteiger partial charge in [0.15, 0.2) is 5.82 Å². The molecule has 3 rings (SSSR count). The quantitative estimate of drug-likeness (QED) is 0.796. The lowest BCUT2D eigenvalue weighted by molar-refractivity contribution is -0.134. The Labute approximate surface area is 155 Å². The molecule has 7 heteroatoms. The van der Waals surface area contributed by atoms with Crippen LogP contribution in [0.1, 0.15) is 44.7 Å². The highest BCUT2D eigenvalue weighted by Crippen LogP contribution is 2.33. The van der Waals surface area contributed by atoms with Gasteiger partial charge in [-0.25, -0.2) is 0 Å². The molecule has 0 bridgehead atoms. The van der Waals surface area contributed by atoms with Gasteiger partial charge in [0.25, 0.3) is 0 Å². The Morgan fingerprint density at radius 3 is 2.62 bits per heavy atom. The molecule has 0 N–H and O–H groups in total. The van der Waals surface area contributed by atoms with Crippen molar-refractivity contribution >= 4 is 11.7 Å². The van der Waals surface area contributed by atoms with Crippen molar-refractivity contribution in [2.45, 2.75) is 44.6 Å². The van der Waals surface area contributed by atoms with E-state index in [9.17, 15) is 4.79 Å². The van der Waals surface area contributed by atoms with Crippen molar-refractivity contribution in [1.82, 2.24) is 15.1 Å². The van der Waals surface area contributed by atoms with Gasteiger partial charge in [-0.05, 0) is 30.9 Å². The number of anilines is 1. The number of hydrogen-bond donors (Lipinski definition) is 0. The summed E-state index contributed by atoms with van der Waals surface area (Å²) in [5.41, 5.74) is 0.678. The fourth-order valence-corrected chi connectivity index (χ4v) is 3.65. The van der Waals surface area contributed by atoms with Crippen LogP contribution >= 0.6 is 0 Å². The number of amides is 1. The normalized spacial score (nSPS) is 20.7. The molecule has 2 saturated heterocycles. The van der Waals surface area contributed by atoms with Crippen molar-refractivity contribution in [3.63, 3.8) is 0 Å². The Balaban J connectivity index is 1.59. The van der Waals surface area contributed by atoms with E-state index in [-0.39, 0.29) is 11.5 Å². The molecule has 0 saturated carbocycles. The zero-order valence-electron chi connectivity index (χ0n) is 16.1. The van der Waals surface area contributed by atoms with E-state index in [4.69, 9.17) is 9.47 Å². The van der Waals surface area contributed by atoms with Crippen molar-refractivity contribution in [1.29, 1.82) is 0 Å². The summed E-state index contributed by atoms with van der Waals surface area (Å²) in [5, 5.41) is 8.71. The molecule has 1 spiro atoms. The van der Waals surface area contributed by atoms with Crippen LogP contribution in [0.5, 0.6) is 0 Å². The highest BCUT2D eigenvalue weighted by Gasteiger charge is 2.40. The third kappa shape index (κ3) is 4.32. The predicted molar refractivity (Wildman–Crippen MR) is 99.3 cm³/mol. The molecule has 1 amide bonds. The number of aromatic nitrogens is 2. The van der Waals surface area contributed by atoms with E-state index < -0.39 is 0 Å². The van der Waals surface area contributed by atoms with Crippen LogP contribution in [0, 0.1) is 0 Å². The number of carbonyl (C=O) groups is 1. The third-order valence-electron chi connectivity index (χ3n) is 5.42. The van der Waals surface area contributed by atoms with Gasteiger partial charge >= 0.3 is 0 Å². The summed E-state index contributed by atoms with van der Waals surface area (Å²) in [7, 11) is 1.66. The van der Waals surface area contributed by atoms with Crippen molar-refractivity contribution in [2.24, 2.45) is 0 Å². The summed E-state index contributed by atoms with van der Waals surface area (Å²) < 4.78 is 11.3. The van der Waals surface area contributed by atoms with Gasteiger partial charge in [0.05, 0.1) is 30.9 Å². The van der Waals surface area contributed by atoms with Crippen LogP contribution in [0.25, 0.3) is 0 Å². The maximum Gasteiger partial charge on any atom is 0.225 e. The Kier molecular flexibility index (Phi) is 6.09. The van der Waals surface area contributed by atoms with Crippen molar-refractivity contribution in [3.8, 4) is 0 Å². The van der Waals surface area contributed by atoms with Crippen LogP contribution in [0.2, 0.25) is 0 Å². The molecule has 1 aromatic heterocycles. The maximum absolute atomic E-state index is 12.6. The molecule has 2 aliphatic rings. The number of hydrogen-bond acceptors (Lipinski definition) is 6. The van der Waals surface area contributed by atoms with Gasteiger partial charge in [-0.1, -0.05) is 13.8 Å². The van der Waals surface area contributed by atoms with Crippen molar-refractivity contribution in [2.75, 3.05) is 51.4 Å². The summed E-state index contributed by atoms with van der Waals surface area (Å²) in [4.78, 5) is 16.7. The summed E-state index contributed by atoms with van der Waals surface area (Å²) in [5.74, 6) is 1.47. The number of carbonyl (C=O) groups excluding carboxylic acids is 1. The fourth-order valence-electron chi connectivity index (χ4n) is 3.65. The molecule has 1 aromatic rings. The van der Waals surface area contributed by atoms with Gasteiger partial charge in [-0.3, -0.25) is 4.79 Å². The summed E-state index contributed by atoms with van der Waals surface area (Å²) >= 11 is 0. The minimum absolute atomic E-state index is 0.175. The van der Waals surface area contributed by atoms with Crippen LogP contribution in [-0.2, 0) is 14.3 Å². The first-order chi connectivity index (χ1) is 12.5. The van der Waals surface area contributed by atoms with E-state index >= 15 is 0 Å². The second-order valence-corrected chi connectivity index (χ2v) is 7.54. The lowest BCUT2D eigenvalue weighted by Crippen LogP contribution is -2.47. The summed E-state index contributed by atoms with van der Waals surface area (Å²) in [6.07, 6.45) is 2.14. The van der Waals surface area contributed by atoms with Gasteiger partial charge < -0.3 is 19.3 Å². The van der Waals surface area contributed by atoms with Gasteiger partial charge in [0, 0.05) is 33.3 Å². The molecule has 2 aliphatic heterocycles. The number of piperidine rings is 1. The van der Waals surface area contributed by atoms with E-state index in [1.165, 1.54) is 0 Å². The van der Waals surface area contributed by atoms with Gasteiger partial charge in [0.2, 0.25) is 5.91 Å². The molecular formula is C19H30N4O3. The molecule has 0 aromatic carbocycles. The predicted octanol–water partition coefficient (Wildman–Crippen LogP) is 1.83. The highest BCUT2D eigenvalue weighted by molar-refractivity contribution is 5.77. The molecule has 26 heavy (non-hydrogen) atoms. The first kappa shape index (κ1) is 19.0. The van der Waals surface area contributed by atoms with Crippen LogP contribution in [-0.4, -0.2) is 73.1 Å². The average Bonchev–Trinajstić information content (AvgIpc) is 2.79. The Morgan fingerprint density at radius 2 is 2.00 bits per heavy atom. The van der Waals surface area contributed by atoms with Crippen LogP contribution in [0.3, 0.4) is 0 Å². The minimum atomic E-state index is -0.333. The summed E-state index contributed by atoms with van der Waals surface area (Å²) in [6.45, 7) is 8.35. The highest BCUT2D eigenvalue weighted by atomic mass is 16.5. The van der Waals surface area contributed by atoms with E-state index in [0.717, 1.165) is 37.4 Å². The third-order valence-corrected chi connectivity index (χ3v) is 5.42. The van der Waals surface area contributed by atoms with Gasteiger partial charge in [-0.2, -0.15) is 5.10 Å². The largest absolute Gasteiger partial charge is 0.383 e. The maximum atomic E-state index is 12.6. The molecule has 3 heterocycles. The Morgan fingerprint density at radius 1 is 1.23 bits per heavy atom. The average molecular weight is 362 g/mol. The molecule has 0 aliphatic carbocycles. The van der Waals surface area contributed by atoms with E-state index in [2.05, 4.69) is 35.0 Å². The minimum Gasteiger partial charge on any atom is -0.383 e. The fraction of sp³-hybridized carbons (Fsp3) is 0.737. The van der Waals surface area contributed by atoms with Gasteiger partial charge in [0.1, 0.15) is 0 Å². The molecule has 2 fully saturated rings. The van der Waals surface area contributed by atoms with Crippen molar-refractivity contribution in [3.05, 3.63) is 17.8 Å². The second-order valence-electron chi connectivity index (χ2n) is 7.54. The number of ether oxygens (including phenoxy) is 2. The molecule has 144 valence electrons. The van der Waals surface area contributed by atoms with Crippen LogP contribution in [0.15, 0.2) is 12.1 Å². The number of nitrogens with zero attached hydrogens (tertiary/aromatic N) is 4. The lowest BCUT2D eigenvalue weighted by atomic mass is 9.87. The number of methoxy groups -OCH3 is 1. The zero-order chi connectivity index (χ0) is 18.6. The lowest BCUT2D eigenvalue weighted by Gasteiger charge is -2.40. The second kappa shape index (κ2) is 8.31. The monoisotopic (exact) mass is 362 g/mol. The standard InChI is InChI=1S/C19H30N4O3/c1-15(2)16-4-5-17(21-20-16)22-8-6-19(7-9-22)14-18(24)23(10-12-25-3)11-13-26-19/h4-5,15H,6-14H2,1-3H3. The van der Waals surface area contributed by atoms with Crippen molar-refractivity contribution < 1.29 is 14.3 Å². The van der Waals surface area contributed by atoms with Crippen LogP contribution < -0.4 is 4.90 Å². The van der Waals surface area contributed by atoms with Gasteiger partial charge in [-0.15, -0.1) is 5.10 Å². The number of rotatable bonds is 5. The first-order valence-corrected chi connectivity index (χ1v) is 9.52. The molecular weight excluding hydrogens is 332 g/mol. The Hall–Kier alpha value is -1.73. The zero-order valence-corrected chi connectivity index (χ0v) is 16.1. The molecule has 7 nitrogen and oxygen atoms in total. The molecule has 0 atom stereocenters. The smallest absolute Gasteiger partial charge is 0.225 e. The Bertz CT molecular complexity index is 597. The topological polar surface area (TPSA) is 67.8 Å². The van der Waals surface area contributed by atoms with E-state index in [1.54, 1.807) is 7.11 Å². The van der Waals surface area contributed by atoms with E-state index in [0.29, 0.717) is 38.6 Å². The summed E-state index contributed by atoms with van der Waals surface area (Å²) in [6, 6.07) is 4.10.